The fourth-order valence-electron chi connectivity index (χ4n) is 1.48. The van der Waals surface area contributed by atoms with E-state index in [1.54, 1.807) is 0 Å². The molecule has 1 aromatic rings. The van der Waals surface area contributed by atoms with Crippen LogP contribution >= 0.6 is 39.0 Å². The lowest BCUT2D eigenvalue weighted by molar-refractivity contribution is 0.0945. The smallest absolute Gasteiger partial charge is 0.261 e. The molecule has 5 heteroatoms. The van der Waals surface area contributed by atoms with E-state index in [0.29, 0.717) is 6.04 Å². The van der Waals surface area contributed by atoms with Gasteiger partial charge >= 0.3 is 0 Å². The minimum Gasteiger partial charge on any atom is -0.348 e. The summed E-state index contributed by atoms with van der Waals surface area (Å²) in [5.41, 5.74) is 1.13. The van der Waals surface area contributed by atoms with E-state index in [2.05, 4.69) is 21.2 Å². The minimum absolute atomic E-state index is 0.0706. The fraction of sp³-hybridized carbons (Fsp3) is 0.500. The Labute approximate surface area is 106 Å². The van der Waals surface area contributed by atoms with Gasteiger partial charge < -0.3 is 5.32 Å². The third kappa shape index (κ3) is 2.77. The molecule has 1 N–H and O–H groups in total. The number of nitrogens with one attached hydrogen (secondary N) is 1. The normalized spacial score (nSPS) is 20.5. The van der Waals surface area contributed by atoms with Gasteiger partial charge in [0.1, 0.15) is 0 Å². The van der Waals surface area contributed by atoms with E-state index in [9.17, 15) is 4.79 Å². The van der Waals surface area contributed by atoms with Gasteiger partial charge in [-0.15, -0.1) is 11.3 Å². The molecule has 0 aromatic carbocycles. The van der Waals surface area contributed by atoms with Crippen LogP contribution in [-0.4, -0.2) is 23.5 Å². The molecule has 2 heterocycles. The van der Waals surface area contributed by atoms with Crippen LogP contribution in [0.3, 0.4) is 0 Å². The molecule has 2 rings (SSSR count). The highest BCUT2D eigenvalue weighted by atomic mass is 79.9. The topological polar surface area (TPSA) is 29.1 Å². The number of thioether (sulfide) groups is 1. The predicted octanol–water partition coefficient (Wildman–Crippen LogP) is 3.05. The lowest BCUT2D eigenvalue weighted by Crippen LogP contribution is -2.34. The zero-order valence-electron chi connectivity index (χ0n) is 8.38. The van der Waals surface area contributed by atoms with Crippen molar-refractivity contribution in [1.82, 2.24) is 5.32 Å². The molecule has 1 atom stereocenters. The van der Waals surface area contributed by atoms with Gasteiger partial charge in [0.2, 0.25) is 0 Å². The molecule has 1 aliphatic heterocycles. The Hall–Kier alpha value is 0. The van der Waals surface area contributed by atoms with Crippen molar-refractivity contribution in [3.63, 3.8) is 0 Å². The summed E-state index contributed by atoms with van der Waals surface area (Å²) in [5.74, 6) is 2.29. The molecule has 15 heavy (non-hydrogen) atoms. The number of carbonyl (C=O) groups is 1. The Kier molecular flexibility index (Phi) is 3.74. The van der Waals surface area contributed by atoms with Crippen LogP contribution in [0, 0.1) is 6.92 Å². The van der Waals surface area contributed by atoms with Gasteiger partial charge in [-0.3, -0.25) is 4.79 Å². The van der Waals surface area contributed by atoms with Gasteiger partial charge in [-0.25, -0.2) is 0 Å². The third-order valence-electron chi connectivity index (χ3n) is 2.35. The van der Waals surface area contributed by atoms with Gasteiger partial charge in [-0.05, 0) is 46.7 Å². The van der Waals surface area contributed by atoms with Crippen molar-refractivity contribution in [2.45, 2.75) is 19.4 Å². The van der Waals surface area contributed by atoms with Gasteiger partial charge in [0.25, 0.3) is 5.91 Å². The first kappa shape index (κ1) is 11.5. The zero-order valence-corrected chi connectivity index (χ0v) is 11.6. The van der Waals surface area contributed by atoms with E-state index in [4.69, 9.17) is 0 Å². The third-order valence-corrected chi connectivity index (χ3v) is 5.64. The highest BCUT2D eigenvalue weighted by Gasteiger charge is 2.19. The second-order valence-electron chi connectivity index (χ2n) is 3.60. The number of halogens is 1. The Morgan fingerprint density at radius 1 is 1.67 bits per heavy atom. The molecule has 0 aliphatic carbocycles. The molecule has 1 fully saturated rings. The summed E-state index contributed by atoms with van der Waals surface area (Å²) >= 11 is 6.84. The summed E-state index contributed by atoms with van der Waals surface area (Å²) in [6, 6.07) is 2.30. The molecule has 1 saturated heterocycles. The van der Waals surface area contributed by atoms with Crippen LogP contribution < -0.4 is 5.32 Å². The maximum atomic E-state index is 11.8. The minimum atomic E-state index is 0.0706. The van der Waals surface area contributed by atoms with Gasteiger partial charge in [0.15, 0.2) is 0 Å². The zero-order chi connectivity index (χ0) is 10.8. The summed E-state index contributed by atoms with van der Waals surface area (Å²) in [6.07, 6.45) is 1.10. The first-order valence-corrected chi connectivity index (χ1v) is 7.58. The van der Waals surface area contributed by atoms with Crippen LogP contribution in [0.25, 0.3) is 0 Å². The van der Waals surface area contributed by atoms with E-state index in [0.717, 1.165) is 32.2 Å². The summed E-state index contributed by atoms with van der Waals surface area (Å²) in [7, 11) is 0. The van der Waals surface area contributed by atoms with E-state index < -0.39 is 0 Å². The number of carbonyl (C=O) groups excluding carboxylic acids is 1. The molecule has 0 bridgehead atoms. The van der Waals surface area contributed by atoms with Crippen molar-refractivity contribution in [3.05, 3.63) is 20.3 Å². The van der Waals surface area contributed by atoms with Crippen LogP contribution in [0.5, 0.6) is 0 Å². The van der Waals surface area contributed by atoms with Crippen LogP contribution in [0.1, 0.15) is 21.7 Å². The average Bonchev–Trinajstić information content (AvgIpc) is 2.78. The molecule has 1 aromatic heterocycles. The number of rotatable bonds is 2. The van der Waals surface area contributed by atoms with Crippen molar-refractivity contribution in [1.29, 1.82) is 0 Å². The number of hydrogen-bond donors (Lipinski definition) is 1. The van der Waals surface area contributed by atoms with E-state index in [-0.39, 0.29) is 5.91 Å². The average molecular weight is 306 g/mol. The number of amides is 1. The highest BCUT2D eigenvalue weighted by molar-refractivity contribution is 9.11. The SMILES string of the molecule is Cc1cc(C(=O)NC2CCSC2)sc1Br. The fourth-order valence-corrected chi connectivity index (χ4v) is 4.07. The Morgan fingerprint density at radius 3 is 3.00 bits per heavy atom. The molecular weight excluding hydrogens is 294 g/mol. The molecule has 0 radical (unpaired) electrons. The second-order valence-corrected chi connectivity index (χ2v) is 7.12. The Balaban J connectivity index is 2.00. The van der Waals surface area contributed by atoms with Crippen LogP contribution in [0.2, 0.25) is 0 Å². The highest BCUT2D eigenvalue weighted by Crippen LogP contribution is 2.27. The molecule has 0 spiro atoms. The molecule has 82 valence electrons. The molecule has 1 unspecified atom stereocenters. The molecule has 0 saturated carbocycles. The first-order valence-electron chi connectivity index (χ1n) is 4.81. The Morgan fingerprint density at radius 2 is 2.47 bits per heavy atom. The lowest BCUT2D eigenvalue weighted by Gasteiger charge is -2.09. The summed E-state index contributed by atoms with van der Waals surface area (Å²) in [6.45, 7) is 2.00. The van der Waals surface area contributed by atoms with Gasteiger partial charge in [0.05, 0.1) is 8.66 Å². The monoisotopic (exact) mass is 305 g/mol. The van der Waals surface area contributed by atoms with Crippen molar-refractivity contribution >= 4 is 44.9 Å². The number of thiophene rings is 1. The largest absolute Gasteiger partial charge is 0.348 e. The van der Waals surface area contributed by atoms with E-state index in [1.807, 2.05) is 24.8 Å². The molecule has 1 aliphatic rings. The Bertz CT molecular complexity index is 352. The van der Waals surface area contributed by atoms with Crippen LogP contribution in [0.15, 0.2) is 9.85 Å². The van der Waals surface area contributed by atoms with Gasteiger partial charge in [-0.2, -0.15) is 11.8 Å². The number of hydrogen-bond acceptors (Lipinski definition) is 3. The van der Waals surface area contributed by atoms with Gasteiger partial charge in [0, 0.05) is 11.8 Å². The lowest BCUT2D eigenvalue weighted by atomic mass is 10.2. The number of aryl methyl sites for hydroxylation is 1. The van der Waals surface area contributed by atoms with Crippen molar-refractivity contribution in [3.8, 4) is 0 Å². The van der Waals surface area contributed by atoms with E-state index in [1.165, 1.54) is 11.3 Å². The van der Waals surface area contributed by atoms with Crippen molar-refractivity contribution < 1.29 is 4.79 Å². The maximum absolute atomic E-state index is 11.8. The second kappa shape index (κ2) is 4.89. The quantitative estimate of drug-likeness (QED) is 0.910. The summed E-state index contributed by atoms with van der Waals surface area (Å²) < 4.78 is 1.05. The summed E-state index contributed by atoms with van der Waals surface area (Å²) in [5, 5.41) is 3.07. The van der Waals surface area contributed by atoms with Crippen LogP contribution in [-0.2, 0) is 0 Å². The van der Waals surface area contributed by atoms with E-state index >= 15 is 0 Å². The molecule has 1 amide bonds. The standard InChI is InChI=1S/C10H12BrNOS2/c1-6-4-8(15-9(6)11)10(13)12-7-2-3-14-5-7/h4,7H,2-3,5H2,1H3,(H,12,13). The summed E-state index contributed by atoms with van der Waals surface area (Å²) in [4.78, 5) is 12.6. The maximum Gasteiger partial charge on any atom is 0.261 e. The predicted molar refractivity (Wildman–Crippen MR) is 70.0 cm³/mol. The van der Waals surface area contributed by atoms with Crippen LogP contribution in [0.4, 0.5) is 0 Å². The van der Waals surface area contributed by atoms with Crippen molar-refractivity contribution in [2.75, 3.05) is 11.5 Å². The molecule has 2 nitrogen and oxygen atoms in total. The molecular formula is C10H12BrNOS2. The van der Waals surface area contributed by atoms with Crippen molar-refractivity contribution in [2.24, 2.45) is 0 Å². The van der Waals surface area contributed by atoms with Gasteiger partial charge in [-0.1, -0.05) is 0 Å². The first-order chi connectivity index (χ1) is 7.16.